The van der Waals surface area contributed by atoms with E-state index < -0.39 is 0 Å². The van der Waals surface area contributed by atoms with Gasteiger partial charge in [-0.25, -0.2) is 0 Å². The zero-order chi connectivity index (χ0) is 13.3. The van der Waals surface area contributed by atoms with Crippen LogP contribution in [0, 0.1) is 13.3 Å². The fraction of sp³-hybridized carbons (Fsp3) is 0.889. The third-order valence-electron chi connectivity index (χ3n) is 3.70. The van der Waals surface area contributed by atoms with E-state index in [1.54, 1.807) is 0 Å². The van der Waals surface area contributed by atoms with Crippen LogP contribution in [0.2, 0.25) is 0 Å². The van der Waals surface area contributed by atoms with Gasteiger partial charge in [0.2, 0.25) is 0 Å². The van der Waals surface area contributed by atoms with Crippen molar-refractivity contribution in [1.29, 1.82) is 0 Å². The van der Waals surface area contributed by atoms with Crippen LogP contribution in [0.25, 0.3) is 0 Å². The maximum Gasteiger partial charge on any atom is -0.0389 e. The zero-order valence-corrected chi connectivity index (χ0v) is 12.9. The molecule has 0 aliphatic carbocycles. The van der Waals surface area contributed by atoms with Gasteiger partial charge in [0.05, 0.1) is 0 Å². The van der Waals surface area contributed by atoms with Gasteiger partial charge in [0.25, 0.3) is 0 Å². The minimum Gasteiger partial charge on any atom is -0.0651 e. The van der Waals surface area contributed by atoms with Crippen LogP contribution in [0.3, 0.4) is 0 Å². The Labute approximate surface area is 117 Å². The topological polar surface area (TPSA) is 0 Å². The average Bonchev–Trinajstić information content (AvgIpc) is 2.39. The van der Waals surface area contributed by atoms with E-state index in [1.165, 1.54) is 89.9 Å². The summed E-state index contributed by atoms with van der Waals surface area (Å²) in [6.07, 6.45) is 23.4. The molecule has 18 heavy (non-hydrogen) atoms. The average molecular weight is 252 g/mol. The first-order chi connectivity index (χ1) is 8.91. The van der Waals surface area contributed by atoms with Crippen LogP contribution >= 0.6 is 0 Å². The Hall–Kier alpha value is 0. The molecule has 0 heteroatoms. The Morgan fingerprint density at radius 2 is 1.00 bits per heavy atom. The maximum absolute atomic E-state index is 3.88. The van der Waals surface area contributed by atoms with Gasteiger partial charge in [-0.3, -0.25) is 0 Å². The molecule has 0 fully saturated rings. The van der Waals surface area contributed by atoms with Gasteiger partial charge in [-0.1, -0.05) is 110 Å². The van der Waals surface area contributed by atoms with Crippen molar-refractivity contribution in [2.75, 3.05) is 0 Å². The number of unbranched alkanes of at least 4 members (excludes halogenated alkanes) is 15. The third-order valence-corrected chi connectivity index (χ3v) is 3.70. The molecule has 0 amide bonds. The molecule has 0 bridgehead atoms. The van der Waals surface area contributed by atoms with E-state index in [0.717, 1.165) is 6.42 Å². The Balaban J connectivity index is 2.86. The van der Waals surface area contributed by atoms with E-state index in [4.69, 9.17) is 0 Å². The Kier molecular flexibility index (Phi) is 17.0. The molecule has 0 saturated carbocycles. The summed E-state index contributed by atoms with van der Waals surface area (Å²) in [6, 6.07) is 0. The summed E-state index contributed by atoms with van der Waals surface area (Å²) in [4.78, 5) is 0. The fourth-order valence-electron chi connectivity index (χ4n) is 2.44. The molecular weight excluding hydrogens is 216 g/mol. The van der Waals surface area contributed by atoms with E-state index >= 15 is 0 Å². The van der Waals surface area contributed by atoms with Crippen LogP contribution < -0.4 is 0 Å². The molecule has 108 valence electrons. The third kappa shape index (κ3) is 16.0. The van der Waals surface area contributed by atoms with E-state index in [9.17, 15) is 0 Å². The molecule has 0 aromatic heterocycles. The molecule has 0 N–H and O–H groups in total. The van der Waals surface area contributed by atoms with Crippen molar-refractivity contribution in [1.82, 2.24) is 0 Å². The molecule has 0 aliphatic rings. The first kappa shape index (κ1) is 18.0. The largest absolute Gasteiger partial charge is 0.0651 e. The van der Waals surface area contributed by atoms with E-state index in [2.05, 4.69) is 20.3 Å². The minimum atomic E-state index is 1.12. The van der Waals surface area contributed by atoms with Crippen molar-refractivity contribution in [3.8, 4) is 0 Å². The Bertz CT molecular complexity index is 112. The quantitative estimate of drug-likeness (QED) is 0.278. The molecule has 2 radical (unpaired) electrons. The van der Waals surface area contributed by atoms with Crippen molar-refractivity contribution in [2.24, 2.45) is 0 Å². The molecule has 0 unspecified atom stereocenters. The lowest BCUT2D eigenvalue weighted by molar-refractivity contribution is 0.540. The van der Waals surface area contributed by atoms with Gasteiger partial charge in [-0.2, -0.15) is 0 Å². The highest BCUT2D eigenvalue weighted by Crippen LogP contribution is 2.13. The van der Waals surface area contributed by atoms with E-state index in [0.29, 0.717) is 0 Å². The van der Waals surface area contributed by atoms with Crippen LogP contribution in [-0.2, 0) is 0 Å². The second-order valence-corrected chi connectivity index (χ2v) is 5.58. The molecule has 0 aliphatic heterocycles. The van der Waals surface area contributed by atoms with Crippen LogP contribution in [0.15, 0.2) is 0 Å². The first-order valence-corrected chi connectivity index (χ1v) is 8.52. The molecular formula is C18H36. The second-order valence-electron chi connectivity index (χ2n) is 5.58. The number of rotatable bonds is 15. The summed E-state index contributed by atoms with van der Waals surface area (Å²) in [7, 11) is 0. The van der Waals surface area contributed by atoms with Crippen LogP contribution in [-0.4, -0.2) is 0 Å². The van der Waals surface area contributed by atoms with Crippen LogP contribution in [0.5, 0.6) is 0 Å². The lowest BCUT2D eigenvalue weighted by Gasteiger charge is -2.02. The summed E-state index contributed by atoms with van der Waals surface area (Å²) in [5.41, 5.74) is 0. The second kappa shape index (κ2) is 17.0. The minimum absolute atomic E-state index is 1.12. The number of hydrogen-bond acceptors (Lipinski definition) is 0. The normalized spacial score (nSPS) is 11.0. The van der Waals surface area contributed by atoms with Gasteiger partial charge >= 0.3 is 0 Å². The lowest BCUT2D eigenvalue weighted by atomic mass is 10.0. The highest BCUT2D eigenvalue weighted by atomic mass is 14.0. The lowest BCUT2D eigenvalue weighted by Crippen LogP contribution is -1.83. The van der Waals surface area contributed by atoms with Crippen molar-refractivity contribution in [3.05, 3.63) is 13.3 Å². The maximum atomic E-state index is 3.88. The van der Waals surface area contributed by atoms with E-state index in [-0.39, 0.29) is 0 Å². The molecule has 0 atom stereocenters. The summed E-state index contributed by atoms with van der Waals surface area (Å²) in [5, 5.41) is 0. The Morgan fingerprint density at radius 1 is 0.611 bits per heavy atom. The van der Waals surface area contributed by atoms with Gasteiger partial charge < -0.3 is 0 Å². The molecule has 0 aromatic carbocycles. The van der Waals surface area contributed by atoms with Crippen LogP contribution in [0.1, 0.15) is 103 Å². The molecule has 0 saturated heterocycles. The SMILES string of the molecule is [CH2]CCCCCCCCCCCCCC[CH]CC. The monoisotopic (exact) mass is 252 g/mol. The van der Waals surface area contributed by atoms with Crippen molar-refractivity contribution < 1.29 is 0 Å². The highest BCUT2D eigenvalue weighted by molar-refractivity contribution is 4.60. The summed E-state index contributed by atoms with van der Waals surface area (Å²) >= 11 is 0. The van der Waals surface area contributed by atoms with Crippen molar-refractivity contribution in [3.63, 3.8) is 0 Å². The molecule has 0 nitrogen and oxygen atoms in total. The number of hydrogen-bond donors (Lipinski definition) is 0. The van der Waals surface area contributed by atoms with E-state index in [1.807, 2.05) is 0 Å². The predicted octanol–water partition coefficient (Wildman–Crippen LogP) is 6.90. The standard InChI is InChI=1S/C18H36/c1-3-5-7-9-11-13-15-17-18-16-14-12-10-8-6-4-2/h6H,1,3-5,7-18H2,2H3. The first-order valence-electron chi connectivity index (χ1n) is 8.52. The molecule has 0 spiro atoms. The predicted molar refractivity (Wildman–Crippen MR) is 84.6 cm³/mol. The van der Waals surface area contributed by atoms with Gasteiger partial charge in [-0.15, -0.1) is 0 Å². The van der Waals surface area contributed by atoms with Crippen molar-refractivity contribution >= 4 is 0 Å². The highest BCUT2D eigenvalue weighted by Gasteiger charge is 1.93. The molecule has 0 rings (SSSR count). The van der Waals surface area contributed by atoms with Crippen molar-refractivity contribution in [2.45, 2.75) is 103 Å². The van der Waals surface area contributed by atoms with Gasteiger partial charge in [-0.05, 0) is 6.42 Å². The van der Waals surface area contributed by atoms with Gasteiger partial charge in [0, 0.05) is 0 Å². The fourth-order valence-corrected chi connectivity index (χ4v) is 2.44. The summed E-state index contributed by atoms with van der Waals surface area (Å²) < 4.78 is 0. The summed E-state index contributed by atoms with van der Waals surface area (Å²) in [6.45, 7) is 6.12. The summed E-state index contributed by atoms with van der Waals surface area (Å²) in [5.74, 6) is 0. The Morgan fingerprint density at radius 3 is 1.39 bits per heavy atom. The zero-order valence-electron chi connectivity index (χ0n) is 12.9. The van der Waals surface area contributed by atoms with Crippen LogP contribution in [0.4, 0.5) is 0 Å². The van der Waals surface area contributed by atoms with Gasteiger partial charge in [0.1, 0.15) is 0 Å². The molecule has 0 heterocycles. The van der Waals surface area contributed by atoms with Gasteiger partial charge in [0.15, 0.2) is 0 Å². The smallest absolute Gasteiger partial charge is 0.0389 e. The molecule has 0 aromatic rings.